The Morgan fingerprint density at radius 3 is 2.41 bits per heavy atom. The molecule has 162 valence electrons. The second kappa shape index (κ2) is 9.24. The van der Waals surface area contributed by atoms with Gasteiger partial charge in [0.15, 0.2) is 11.5 Å². The first-order chi connectivity index (χ1) is 13.6. The van der Waals surface area contributed by atoms with Crippen molar-refractivity contribution in [2.75, 3.05) is 27.4 Å². The third-order valence-electron chi connectivity index (χ3n) is 4.89. The quantitative estimate of drug-likeness (QED) is 0.733. The molecule has 0 saturated carbocycles. The summed E-state index contributed by atoms with van der Waals surface area (Å²) in [6, 6.07) is 5.12. The monoisotopic (exact) mass is 409 g/mol. The van der Waals surface area contributed by atoms with Crippen LogP contribution in [-0.4, -0.2) is 60.6 Å². The lowest BCUT2D eigenvalue weighted by atomic mass is 9.84. The van der Waals surface area contributed by atoms with Gasteiger partial charge in [0.25, 0.3) is 0 Å². The van der Waals surface area contributed by atoms with Crippen LogP contribution < -0.4 is 14.2 Å². The lowest BCUT2D eigenvalue weighted by Crippen LogP contribution is -2.60. The molecular formula is C21H31NO7. The molecule has 1 atom stereocenters. The van der Waals surface area contributed by atoms with Crippen LogP contribution >= 0.6 is 0 Å². The van der Waals surface area contributed by atoms with Crippen molar-refractivity contribution in [1.29, 1.82) is 0 Å². The SMILES string of the molecule is COc1ccc(OCCC2(C(=O)O)CCCCN2C(=O)OC(C)(C)C)cc1OC. The molecule has 0 aromatic heterocycles. The molecule has 1 aromatic rings. The highest BCUT2D eigenvalue weighted by Crippen LogP contribution is 2.35. The number of carboxylic acids is 1. The van der Waals surface area contributed by atoms with Crippen molar-refractivity contribution in [3.63, 3.8) is 0 Å². The fraction of sp³-hybridized carbons (Fsp3) is 0.619. The smallest absolute Gasteiger partial charge is 0.411 e. The van der Waals surface area contributed by atoms with Gasteiger partial charge in [-0.3, -0.25) is 4.90 Å². The van der Waals surface area contributed by atoms with Crippen LogP contribution in [0, 0.1) is 0 Å². The lowest BCUT2D eigenvalue weighted by molar-refractivity contribution is -0.154. The number of aliphatic carboxylic acids is 1. The molecule has 8 heteroatoms. The molecule has 1 amide bonds. The molecule has 1 N–H and O–H groups in total. The molecule has 1 fully saturated rings. The molecule has 1 saturated heterocycles. The number of likely N-dealkylation sites (tertiary alicyclic amines) is 1. The highest BCUT2D eigenvalue weighted by atomic mass is 16.6. The number of piperidine rings is 1. The van der Waals surface area contributed by atoms with Gasteiger partial charge in [0.05, 0.1) is 20.8 Å². The molecule has 0 aliphatic carbocycles. The first-order valence-corrected chi connectivity index (χ1v) is 9.72. The Morgan fingerprint density at radius 2 is 1.83 bits per heavy atom. The lowest BCUT2D eigenvalue weighted by Gasteiger charge is -2.44. The van der Waals surface area contributed by atoms with Gasteiger partial charge in [0.2, 0.25) is 0 Å². The van der Waals surface area contributed by atoms with E-state index in [0.29, 0.717) is 30.2 Å². The zero-order chi connectivity index (χ0) is 21.7. The third-order valence-corrected chi connectivity index (χ3v) is 4.89. The maximum absolute atomic E-state index is 12.7. The predicted molar refractivity (Wildman–Crippen MR) is 107 cm³/mol. The van der Waals surface area contributed by atoms with E-state index in [1.807, 2.05) is 0 Å². The summed E-state index contributed by atoms with van der Waals surface area (Å²) in [7, 11) is 3.07. The van der Waals surface area contributed by atoms with Gasteiger partial charge in [-0.2, -0.15) is 0 Å². The molecule has 8 nitrogen and oxygen atoms in total. The van der Waals surface area contributed by atoms with E-state index < -0.39 is 23.2 Å². The average molecular weight is 409 g/mol. The number of ether oxygens (including phenoxy) is 4. The largest absolute Gasteiger partial charge is 0.493 e. The second-order valence-electron chi connectivity index (χ2n) is 8.04. The molecule has 29 heavy (non-hydrogen) atoms. The topological polar surface area (TPSA) is 94.5 Å². The first-order valence-electron chi connectivity index (χ1n) is 9.72. The summed E-state index contributed by atoms with van der Waals surface area (Å²) in [5, 5.41) is 10.0. The Hall–Kier alpha value is -2.64. The van der Waals surface area contributed by atoms with Gasteiger partial charge in [-0.1, -0.05) is 0 Å². The van der Waals surface area contributed by atoms with Crippen LogP contribution in [-0.2, 0) is 9.53 Å². The van der Waals surface area contributed by atoms with Crippen molar-refractivity contribution >= 4 is 12.1 Å². The van der Waals surface area contributed by atoms with Crippen molar-refractivity contribution in [3.8, 4) is 17.2 Å². The van der Waals surface area contributed by atoms with Crippen LogP contribution in [0.15, 0.2) is 18.2 Å². The van der Waals surface area contributed by atoms with E-state index >= 15 is 0 Å². The van der Waals surface area contributed by atoms with E-state index in [2.05, 4.69) is 0 Å². The number of hydrogen-bond acceptors (Lipinski definition) is 6. The number of methoxy groups -OCH3 is 2. The standard InChI is InChI=1S/C21H31NO7/c1-20(2,3)29-19(25)22-12-7-6-10-21(22,18(23)24)11-13-28-15-8-9-16(26-4)17(14-15)27-5/h8-9,14H,6-7,10-13H2,1-5H3,(H,23,24). The highest BCUT2D eigenvalue weighted by molar-refractivity contribution is 5.84. The zero-order valence-corrected chi connectivity index (χ0v) is 17.8. The van der Waals surface area contributed by atoms with Gasteiger partial charge < -0.3 is 24.1 Å². The van der Waals surface area contributed by atoms with Crippen molar-refractivity contribution in [1.82, 2.24) is 4.90 Å². The van der Waals surface area contributed by atoms with Crippen LogP contribution in [0.2, 0.25) is 0 Å². The minimum absolute atomic E-state index is 0.126. The molecule has 1 aliphatic heterocycles. The summed E-state index contributed by atoms with van der Waals surface area (Å²) < 4.78 is 21.7. The predicted octanol–water partition coefficient (Wildman–Crippen LogP) is 3.72. The summed E-state index contributed by atoms with van der Waals surface area (Å²) in [6.07, 6.45) is 1.37. The summed E-state index contributed by atoms with van der Waals surface area (Å²) in [6.45, 7) is 5.76. The summed E-state index contributed by atoms with van der Waals surface area (Å²) in [4.78, 5) is 26.3. The second-order valence-corrected chi connectivity index (χ2v) is 8.04. The maximum atomic E-state index is 12.7. The van der Waals surface area contributed by atoms with Gasteiger partial charge >= 0.3 is 12.1 Å². The fourth-order valence-corrected chi connectivity index (χ4v) is 3.45. The number of benzene rings is 1. The molecular weight excluding hydrogens is 378 g/mol. The van der Waals surface area contributed by atoms with E-state index in [-0.39, 0.29) is 13.0 Å². The Balaban J connectivity index is 2.14. The number of carboxylic acid groups (broad SMARTS) is 1. The van der Waals surface area contributed by atoms with Crippen molar-refractivity contribution in [2.45, 2.75) is 57.6 Å². The van der Waals surface area contributed by atoms with Gasteiger partial charge in [-0.05, 0) is 52.2 Å². The number of nitrogens with zero attached hydrogens (tertiary/aromatic N) is 1. The Labute approximate surface area is 171 Å². The van der Waals surface area contributed by atoms with E-state index in [1.165, 1.54) is 12.0 Å². The number of amides is 1. The van der Waals surface area contributed by atoms with Crippen LogP contribution in [0.3, 0.4) is 0 Å². The maximum Gasteiger partial charge on any atom is 0.411 e. The van der Waals surface area contributed by atoms with Crippen LogP contribution in [0.25, 0.3) is 0 Å². The normalized spacial score (nSPS) is 19.4. The zero-order valence-electron chi connectivity index (χ0n) is 17.8. The summed E-state index contributed by atoms with van der Waals surface area (Å²) >= 11 is 0. The van der Waals surface area contributed by atoms with E-state index in [0.717, 1.165) is 12.8 Å². The minimum Gasteiger partial charge on any atom is -0.493 e. The van der Waals surface area contributed by atoms with Crippen LogP contribution in [0.5, 0.6) is 17.2 Å². The fourth-order valence-electron chi connectivity index (χ4n) is 3.45. The van der Waals surface area contributed by atoms with Crippen molar-refractivity contribution in [2.24, 2.45) is 0 Å². The van der Waals surface area contributed by atoms with Crippen molar-refractivity contribution < 1.29 is 33.6 Å². The van der Waals surface area contributed by atoms with Gasteiger partial charge in [0.1, 0.15) is 16.9 Å². The Kier molecular flexibility index (Phi) is 7.21. The summed E-state index contributed by atoms with van der Waals surface area (Å²) in [5.74, 6) is 0.582. The average Bonchev–Trinajstić information content (AvgIpc) is 2.66. The summed E-state index contributed by atoms with van der Waals surface area (Å²) in [5.41, 5.74) is -2.05. The van der Waals surface area contributed by atoms with Crippen LogP contribution in [0.4, 0.5) is 4.79 Å². The molecule has 1 aliphatic rings. The number of carbonyl (C=O) groups excluding carboxylic acids is 1. The Morgan fingerprint density at radius 1 is 1.14 bits per heavy atom. The number of carbonyl (C=O) groups is 2. The molecule has 1 unspecified atom stereocenters. The van der Waals surface area contributed by atoms with Gasteiger partial charge in [0, 0.05) is 19.0 Å². The van der Waals surface area contributed by atoms with Gasteiger partial charge in [-0.25, -0.2) is 9.59 Å². The first kappa shape index (κ1) is 22.6. The number of rotatable bonds is 7. The Bertz CT molecular complexity index is 728. The molecule has 0 bridgehead atoms. The minimum atomic E-state index is -1.35. The molecule has 2 rings (SSSR count). The number of hydrogen-bond donors (Lipinski definition) is 1. The van der Waals surface area contributed by atoms with E-state index in [4.69, 9.17) is 18.9 Å². The highest BCUT2D eigenvalue weighted by Gasteiger charge is 2.49. The van der Waals surface area contributed by atoms with E-state index in [1.54, 1.807) is 46.1 Å². The van der Waals surface area contributed by atoms with Gasteiger partial charge in [-0.15, -0.1) is 0 Å². The van der Waals surface area contributed by atoms with Crippen molar-refractivity contribution in [3.05, 3.63) is 18.2 Å². The van der Waals surface area contributed by atoms with Crippen LogP contribution in [0.1, 0.15) is 46.5 Å². The molecule has 1 heterocycles. The van der Waals surface area contributed by atoms with E-state index in [9.17, 15) is 14.7 Å². The molecule has 1 aromatic carbocycles. The third kappa shape index (κ3) is 5.46. The molecule has 0 spiro atoms. The molecule has 0 radical (unpaired) electrons.